The lowest BCUT2D eigenvalue weighted by Crippen LogP contribution is -2.10. The van der Waals surface area contributed by atoms with Gasteiger partial charge in [-0.1, -0.05) is 12.1 Å². The fourth-order valence-corrected chi connectivity index (χ4v) is 1.92. The number of hydrogen-bond donors (Lipinski definition) is 1. The number of benzene rings is 1. The van der Waals surface area contributed by atoms with Gasteiger partial charge in [0.05, 0.1) is 6.04 Å². The second-order valence-electron chi connectivity index (χ2n) is 4.25. The van der Waals surface area contributed by atoms with Gasteiger partial charge in [-0.25, -0.2) is 4.39 Å². The van der Waals surface area contributed by atoms with Crippen molar-refractivity contribution in [1.82, 2.24) is 0 Å². The van der Waals surface area contributed by atoms with E-state index in [2.05, 4.69) is 0 Å². The van der Waals surface area contributed by atoms with Crippen LogP contribution >= 0.6 is 0 Å². The summed E-state index contributed by atoms with van der Waals surface area (Å²) in [5.74, 6) is 0.284. The van der Waals surface area contributed by atoms with Crippen LogP contribution in [0.25, 0.3) is 11.0 Å². The Morgan fingerprint density at radius 2 is 2.28 bits per heavy atom. The van der Waals surface area contributed by atoms with Gasteiger partial charge in [-0.3, -0.25) is 0 Å². The van der Waals surface area contributed by atoms with Crippen molar-refractivity contribution < 1.29 is 13.5 Å². The number of nitrogens with two attached hydrogens (primary N) is 1. The highest BCUT2D eigenvalue weighted by Gasteiger charge is 2.13. The van der Waals surface area contributed by atoms with Crippen LogP contribution in [0, 0.1) is 5.82 Å². The van der Waals surface area contributed by atoms with Crippen LogP contribution in [0.4, 0.5) is 4.39 Å². The van der Waals surface area contributed by atoms with E-state index in [9.17, 15) is 4.39 Å². The smallest absolute Gasteiger partial charge is 0.169 e. The number of rotatable bonds is 6. The van der Waals surface area contributed by atoms with Gasteiger partial charge in [-0.05, 0) is 31.9 Å². The molecule has 2 rings (SSSR count). The molecule has 0 aliphatic heterocycles. The Hall–Kier alpha value is -1.39. The van der Waals surface area contributed by atoms with Crippen molar-refractivity contribution >= 4 is 11.0 Å². The van der Waals surface area contributed by atoms with E-state index in [-0.39, 0.29) is 17.4 Å². The van der Waals surface area contributed by atoms with E-state index in [4.69, 9.17) is 14.9 Å². The minimum absolute atomic E-state index is 0.211. The lowest BCUT2D eigenvalue weighted by Gasteiger charge is -2.07. The van der Waals surface area contributed by atoms with E-state index >= 15 is 0 Å². The zero-order chi connectivity index (χ0) is 13.0. The van der Waals surface area contributed by atoms with Crippen LogP contribution in [0.2, 0.25) is 0 Å². The van der Waals surface area contributed by atoms with E-state index < -0.39 is 0 Å². The molecule has 1 atom stereocenters. The highest BCUT2D eigenvalue weighted by atomic mass is 19.1. The first-order chi connectivity index (χ1) is 8.72. The molecule has 0 amide bonds. The highest BCUT2D eigenvalue weighted by Crippen LogP contribution is 2.26. The standard InChI is InChI=1S/C14H18FNO2/c1-2-17-8-4-7-12(16)13-9-10-5-3-6-11(15)14(10)18-13/h3,5-6,9,12H,2,4,7-8,16H2,1H3. The second kappa shape index (κ2) is 5.98. The second-order valence-corrected chi connectivity index (χ2v) is 4.25. The molecule has 2 aromatic rings. The fourth-order valence-electron chi connectivity index (χ4n) is 1.92. The monoisotopic (exact) mass is 251 g/mol. The summed E-state index contributed by atoms with van der Waals surface area (Å²) < 4.78 is 24.2. The summed E-state index contributed by atoms with van der Waals surface area (Å²) >= 11 is 0. The quantitative estimate of drug-likeness (QED) is 0.800. The Kier molecular flexibility index (Phi) is 4.33. The maximum Gasteiger partial charge on any atom is 0.169 e. The first-order valence-electron chi connectivity index (χ1n) is 6.23. The van der Waals surface area contributed by atoms with Crippen LogP contribution in [-0.2, 0) is 4.74 Å². The third-order valence-electron chi connectivity index (χ3n) is 2.89. The summed E-state index contributed by atoms with van der Waals surface area (Å²) in [4.78, 5) is 0. The molecule has 0 saturated heterocycles. The summed E-state index contributed by atoms with van der Waals surface area (Å²) in [6, 6.07) is 6.47. The first-order valence-corrected chi connectivity index (χ1v) is 6.23. The summed E-state index contributed by atoms with van der Waals surface area (Å²) in [7, 11) is 0. The van der Waals surface area contributed by atoms with Crippen molar-refractivity contribution in [3.05, 3.63) is 35.8 Å². The Labute approximate surface area is 106 Å². The Bertz CT molecular complexity index is 509. The summed E-state index contributed by atoms with van der Waals surface area (Å²) in [5.41, 5.74) is 6.30. The number of halogens is 1. The largest absolute Gasteiger partial charge is 0.456 e. The van der Waals surface area contributed by atoms with Crippen molar-refractivity contribution in [2.24, 2.45) is 5.73 Å². The maximum atomic E-state index is 13.5. The third-order valence-corrected chi connectivity index (χ3v) is 2.89. The molecule has 0 radical (unpaired) electrons. The van der Waals surface area contributed by atoms with Gasteiger partial charge in [0.2, 0.25) is 0 Å². The molecule has 0 spiro atoms. The van der Waals surface area contributed by atoms with E-state index in [1.807, 2.05) is 19.1 Å². The third kappa shape index (κ3) is 2.89. The zero-order valence-corrected chi connectivity index (χ0v) is 10.5. The summed E-state index contributed by atoms with van der Waals surface area (Å²) in [6.45, 7) is 3.37. The van der Waals surface area contributed by atoms with E-state index in [0.29, 0.717) is 19.0 Å². The molecule has 0 aliphatic rings. The van der Waals surface area contributed by atoms with Gasteiger partial charge in [0, 0.05) is 18.6 Å². The predicted molar refractivity (Wildman–Crippen MR) is 68.8 cm³/mol. The minimum atomic E-state index is -0.347. The zero-order valence-electron chi connectivity index (χ0n) is 10.5. The average molecular weight is 251 g/mol. The highest BCUT2D eigenvalue weighted by molar-refractivity contribution is 5.78. The molecular formula is C14H18FNO2. The first kappa shape index (κ1) is 13.1. The van der Waals surface area contributed by atoms with E-state index in [1.54, 1.807) is 6.07 Å². The number of para-hydroxylation sites is 1. The normalized spacial score (nSPS) is 13.1. The molecule has 0 bridgehead atoms. The number of fused-ring (bicyclic) bond motifs is 1. The van der Waals surface area contributed by atoms with Gasteiger partial charge in [-0.2, -0.15) is 0 Å². The molecule has 18 heavy (non-hydrogen) atoms. The van der Waals surface area contributed by atoms with Crippen molar-refractivity contribution in [3.63, 3.8) is 0 Å². The van der Waals surface area contributed by atoms with Crippen LogP contribution in [0.1, 0.15) is 31.6 Å². The van der Waals surface area contributed by atoms with Crippen LogP contribution in [0.15, 0.2) is 28.7 Å². The molecule has 98 valence electrons. The van der Waals surface area contributed by atoms with E-state index in [1.165, 1.54) is 6.07 Å². The van der Waals surface area contributed by atoms with Gasteiger partial charge in [-0.15, -0.1) is 0 Å². The number of ether oxygens (including phenoxy) is 1. The molecule has 4 heteroatoms. The van der Waals surface area contributed by atoms with Gasteiger partial charge in [0.25, 0.3) is 0 Å². The fraction of sp³-hybridized carbons (Fsp3) is 0.429. The molecular weight excluding hydrogens is 233 g/mol. The van der Waals surface area contributed by atoms with Gasteiger partial charge in [0.1, 0.15) is 5.76 Å². The SMILES string of the molecule is CCOCCCC(N)c1cc2cccc(F)c2o1. The molecule has 2 N–H and O–H groups in total. The lowest BCUT2D eigenvalue weighted by molar-refractivity contribution is 0.141. The summed E-state index contributed by atoms with van der Waals surface area (Å²) in [5, 5.41) is 0.755. The molecule has 0 aliphatic carbocycles. The van der Waals surface area contributed by atoms with Crippen LogP contribution < -0.4 is 5.73 Å². The molecule has 3 nitrogen and oxygen atoms in total. The molecule has 1 aromatic carbocycles. The average Bonchev–Trinajstić information content (AvgIpc) is 2.80. The topological polar surface area (TPSA) is 48.4 Å². The Morgan fingerprint density at radius 3 is 3.00 bits per heavy atom. The lowest BCUT2D eigenvalue weighted by atomic mass is 10.1. The predicted octanol–water partition coefficient (Wildman–Crippen LogP) is 3.39. The van der Waals surface area contributed by atoms with Crippen LogP contribution in [0.5, 0.6) is 0 Å². The number of furan rings is 1. The molecule has 0 saturated carbocycles. The molecule has 1 heterocycles. The minimum Gasteiger partial charge on any atom is -0.456 e. The van der Waals surface area contributed by atoms with E-state index in [0.717, 1.165) is 18.2 Å². The van der Waals surface area contributed by atoms with Crippen LogP contribution in [0.3, 0.4) is 0 Å². The maximum absolute atomic E-state index is 13.5. The van der Waals surface area contributed by atoms with Crippen molar-refractivity contribution in [3.8, 4) is 0 Å². The molecule has 1 unspecified atom stereocenters. The van der Waals surface area contributed by atoms with Gasteiger partial charge in [0.15, 0.2) is 11.4 Å². The Balaban J connectivity index is 2.04. The molecule has 1 aromatic heterocycles. The summed E-state index contributed by atoms with van der Waals surface area (Å²) in [6.07, 6.45) is 1.63. The van der Waals surface area contributed by atoms with Crippen LogP contribution in [-0.4, -0.2) is 13.2 Å². The van der Waals surface area contributed by atoms with Crippen molar-refractivity contribution in [1.29, 1.82) is 0 Å². The van der Waals surface area contributed by atoms with Crippen molar-refractivity contribution in [2.75, 3.05) is 13.2 Å². The number of hydrogen-bond acceptors (Lipinski definition) is 3. The molecule has 0 fully saturated rings. The van der Waals surface area contributed by atoms with Gasteiger partial charge >= 0.3 is 0 Å². The van der Waals surface area contributed by atoms with Gasteiger partial charge < -0.3 is 14.9 Å². The Morgan fingerprint density at radius 1 is 1.44 bits per heavy atom. The van der Waals surface area contributed by atoms with Crippen molar-refractivity contribution in [2.45, 2.75) is 25.8 Å².